The molecule has 2 aliphatic rings. The highest BCUT2D eigenvalue weighted by Gasteiger charge is 2.57. The molecule has 1 aromatic carbocycles. The van der Waals surface area contributed by atoms with Gasteiger partial charge in [0, 0.05) is 10.8 Å². The minimum absolute atomic E-state index is 0.0203. The normalized spacial score (nSPS) is 22.3. The van der Waals surface area contributed by atoms with Crippen LogP contribution >= 0.6 is 23.4 Å². The molecule has 126 valence electrons. The molecule has 1 aromatic rings. The van der Waals surface area contributed by atoms with Crippen molar-refractivity contribution in [1.82, 2.24) is 5.32 Å². The second-order valence-electron chi connectivity index (χ2n) is 6.18. The fourth-order valence-electron chi connectivity index (χ4n) is 3.32. The first-order valence-corrected chi connectivity index (χ1v) is 9.09. The van der Waals surface area contributed by atoms with Crippen LogP contribution in [0.5, 0.6) is 0 Å². The van der Waals surface area contributed by atoms with Gasteiger partial charge in [0.25, 0.3) is 0 Å². The monoisotopic (exact) mass is 360 g/mol. The van der Waals surface area contributed by atoms with E-state index in [1.54, 1.807) is 18.2 Å². The highest BCUT2D eigenvalue weighted by atomic mass is 35.5. The molecule has 1 amide bonds. The van der Waals surface area contributed by atoms with E-state index in [1.807, 2.05) is 0 Å². The Bertz CT molecular complexity index is 593. The third-order valence-electron chi connectivity index (χ3n) is 4.68. The molecular formula is C16H19ClF2N2OS. The molecule has 1 spiro atoms. The molecule has 3 nitrogen and oxygen atoms in total. The molecule has 0 aromatic heterocycles. The zero-order valence-corrected chi connectivity index (χ0v) is 14.2. The summed E-state index contributed by atoms with van der Waals surface area (Å²) >= 11 is 7.08. The third kappa shape index (κ3) is 3.80. The highest BCUT2D eigenvalue weighted by molar-refractivity contribution is 7.99. The Labute approximate surface area is 143 Å². The van der Waals surface area contributed by atoms with Crippen LogP contribution in [0.15, 0.2) is 23.1 Å². The Kier molecular flexibility index (Phi) is 5.13. The van der Waals surface area contributed by atoms with Crippen LogP contribution in [0.3, 0.4) is 0 Å². The van der Waals surface area contributed by atoms with Gasteiger partial charge < -0.3 is 10.6 Å². The summed E-state index contributed by atoms with van der Waals surface area (Å²) in [5.41, 5.74) is 0.675. The van der Waals surface area contributed by atoms with Crippen molar-refractivity contribution in [2.24, 2.45) is 11.3 Å². The van der Waals surface area contributed by atoms with Crippen LogP contribution < -0.4 is 10.6 Å². The van der Waals surface area contributed by atoms with Gasteiger partial charge in [0.2, 0.25) is 12.3 Å². The van der Waals surface area contributed by atoms with Gasteiger partial charge in [0.05, 0.1) is 16.5 Å². The van der Waals surface area contributed by atoms with Crippen molar-refractivity contribution in [2.75, 3.05) is 24.2 Å². The summed E-state index contributed by atoms with van der Waals surface area (Å²) in [5.74, 6) is -0.337. The number of rotatable bonds is 5. The largest absolute Gasteiger partial charge is 0.325 e. The van der Waals surface area contributed by atoms with E-state index < -0.39 is 6.43 Å². The standard InChI is InChI=1S/C16H19ClF2N2OS/c17-11-2-1-3-12(14(11)23-9-13(18)19)21-15(22)10-8-16(10)4-6-20-7-5-16/h1-3,10,13,20H,4-9H2,(H,21,22). The van der Waals surface area contributed by atoms with E-state index in [1.165, 1.54) is 0 Å². The third-order valence-corrected chi connectivity index (χ3v) is 6.26. The summed E-state index contributed by atoms with van der Waals surface area (Å²) in [4.78, 5) is 13.0. The maximum atomic E-state index is 12.5. The Morgan fingerprint density at radius 2 is 2.17 bits per heavy atom. The van der Waals surface area contributed by atoms with Gasteiger partial charge in [0.15, 0.2) is 0 Å². The van der Waals surface area contributed by atoms with E-state index >= 15 is 0 Å². The molecule has 2 N–H and O–H groups in total. The quantitative estimate of drug-likeness (QED) is 0.779. The Morgan fingerprint density at radius 3 is 2.87 bits per heavy atom. The summed E-state index contributed by atoms with van der Waals surface area (Å²) in [5, 5.41) is 6.60. The van der Waals surface area contributed by atoms with Crippen molar-refractivity contribution >= 4 is 35.0 Å². The van der Waals surface area contributed by atoms with Gasteiger partial charge in [0.1, 0.15) is 0 Å². The van der Waals surface area contributed by atoms with Gasteiger partial charge in [-0.2, -0.15) is 0 Å². The van der Waals surface area contributed by atoms with Crippen molar-refractivity contribution in [1.29, 1.82) is 0 Å². The van der Waals surface area contributed by atoms with E-state index in [0.29, 0.717) is 15.6 Å². The minimum Gasteiger partial charge on any atom is -0.325 e. The van der Waals surface area contributed by atoms with E-state index in [9.17, 15) is 13.6 Å². The number of amides is 1. The molecule has 0 radical (unpaired) electrons. The second-order valence-corrected chi connectivity index (χ2v) is 7.61. The number of benzene rings is 1. The number of piperidine rings is 1. The lowest BCUT2D eigenvalue weighted by Crippen LogP contribution is -2.31. The lowest BCUT2D eigenvalue weighted by Gasteiger charge is -2.23. The SMILES string of the molecule is O=C(Nc1cccc(Cl)c1SCC(F)F)C1CC12CCNCC2. The maximum absolute atomic E-state index is 12.5. The van der Waals surface area contributed by atoms with Crippen LogP contribution in [0.25, 0.3) is 0 Å². The molecule has 1 heterocycles. The number of hydrogen-bond donors (Lipinski definition) is 2. The maximum Gasteiger partial charge on any atom is 0.247 e. The lowest BCUT2D eigenvalue weighted by molar-refractivity contribution is -0.118. The summed E-state index contributed by atoms with van der Waals surface area (Å²) in [6, 6.07) is 5.09. The van der Waals surface area contributed by atoms with Gasteiger partial charge in [-0.1, -0.05) is 17.7 Å². The molecule has 7 heteroatoms. The van der Waals surface area contributed by atoms with E-state index in [-0.39, 0.29) is 23.0 Å². The highest BCUT2D eigenvalue weighted by Crippen LogP contribution is 2.59. The average molecular weight is 361 g/mol. The Hall–Kier alpha value is -0.850. The van der Waals surface area contributed by atoms with Gasteiger partial charge in [-0.05, 0) is 49.9 Å². The van der Waals surface area contributed by atoms with E-state index in [0.717, 1.165) is 44.1 Å². The van der Waals surface area contributed by atoms with E-state index in [2.05, 4.69) is 10.6 Å². The molecule has 2 fully saturated rings. The number of hydrogen-bond acceptors (Lipinski definition) is 3. The van der Waals surface area contributed by atoms with Crippen molar-refractivity contribution in [2.45, 2.75) is 30.6 Å². The number of anilines is 1. The average Bonchev–Trinajstić information content (AvgIpc) is 3.20. The number of alkyl halides is 2. The minimum atomic E-state index is -2.42. The smallest absolute Gasteiger partial charge is 0.247 e. The molecule has 3 rings (SSSR count). The van der Waals surface area contributed by atoms with Gasteiger partial charge >= 0.3 is 0 Å². The van der Waals surface area contributed by atoms with Gasteiger partial charge in [-0.25, -0.2) is 8.78 Å². The molecule has 1 aliphatic carbocycles. The zero-order chi connectivity index (χ0) is 16.4. The number of carbonyl (C=O) groups is 1. The molecular weight excluding hydrogens is 342 g/mol. The molecule has 1 saturated carbocycles. The molecule has 1 saturated heterocycles. The number of halogens is 3. The summed E-state index contributed by atoms with van der Waals surface area (Å²) in [7, 11) is 0. The second kappa shape index (κ2) is 6.95. The summed E-state index contributed by atoms with van der Waals surface area (Å²) in [6.07, 6.45) is 0.545. The molecule has 1 aliphatic heterocycles. The molecule has 23 heavy (non-hydrogen) atoms. The van der Waals surface area contributed by atoms with Crippen molar-refractivity contribution in [3.05, 3.63) is 23.2 Å². The van der Waals surface area contributed by atoms with Crippen LogP contribution in [-0.4, -0.2) is 31.2 Å². The van der Waals surface area contributed by atoms with Crippen molar-refractivity contribution < 1.29 is 13.6 Å². The van der Waals surface area contributed by atoms with Crippen LogP contribution in [0.4, 0.5) is 14.5 Å². The van der Waals surface area contributed by atoms with Gasteiger partial charge in [-0.3, -0.25) is 4.79 Å². The first-order chi connectivity index (χ1) is 11.0. The number of thioether (sulfide) groups is 1. The lowest BCUT2D eigenvalue weighted by atomic mass is 9.92. The van der Waals surface area contributed by atoms with E-state index in [4.69, 9.17) is 11.6 Å². The van der Waals surface area contributed by atoms with Crippen LogP contribution in [0.1, 0.15) is 19.3 Å². The van der Waals surface area contributed by atoms with Gasteiger partial charge in [-0.15, -0.1) is 11.8 Å². The molecule has 1 atom stereocenters. The van der Waals surface area contributed by atoms with Crippen LogP contribution in [-0.2, 0) is 4.79 Å². The van der Waals surface area contributed by atoms with Crippen molar-refractivity contribution in [3.63, 3.8) is 0 Å². The first kappa shape index (κ1) is 17.0. The Balaban J connectivity index is 1.68. The molecule has 1 unspecified atom stereocenters. The fourth-order valence-corrected chi connectivity index (χ4v) is 4.43. The summed E-state index contributed by atoms with van der Waals surface area (Å²) < 4.78 is 24.9. The predicted octanol–water partition coefficient (Wildman–Crippen LogP) is 4.03. The fraction of sp³-hybridized carbons (Fsp3) is 0.562. The Morgan fingerprint density at radius 1 is 1.43 bits per heavy atom. The van der Waals surface area contributed by atoms with Crippen LogP contribution in [0, 0.1) is 11.3 Å². The summed E-state index contributed by atoms with van der Waals surface area (Å²) in [6.45, 7) is 1.91. The van der Waals surface area contributed by atoms with Crippen molar-refractivity contribution in [3.8, 4) is 0 Å². The predicted molar refractivity (Wildman–Crippen MR) is 89.5 cm³/mol. The topological polar surface area (TPSA) is 41.1 Å². The zero-order valence-electron chi connectivity index (χ0n) is 12.6. The van der Waals surface area contributed by atoms with Crippen LogP contribution in [0.2, 0.25) is 5.02 Å². The number of carbonyl (C=O) groups excluding carboxylic acids is 1. The molecule has 0 bridgehead atoms. The first-order valence-electron chi connectivity index (χ1n) is 7.73. The number of nitrogens with one attached hydrogen (secondary N) is 2.